The summed E-state index contributed by atoms with van der Waals surface area (Å²) in [6.45, 7) is 5.30. The Kier molecular flexibility index (Phi) is 5.11. The van der Waals surface area contributed by atoms with E-state index in [9.17, 15) is 4.79 Å². The molecule has 0 amide bonds. The minimum Gasteiger partial charge on any atom is -0.393 e. The first kappa shape index (κ1) is 17.1. The van der Waals surface area contributed by atoms with Crippen LogP contribution in [0.2, 0.25) is 0 Å². The maximum atomic E-state index is 11.5. The number of hydrazine groups is 1. The number of Topliss-reactive ketones (excluding diaryl/α,β-unsaturated/α-hetero) is 1. The third-order valence-corrected chi connectivity index (χ3v) is 4.18. The molecule has 132 valence electrons. The van der Waals surface area contributed by atoms with Crippen LogP contribution in [0.3, 0.4) is 0 Å². The van der Waals surface area contributed by atoms with E-state index >= 15 is 0 Å². The van der Waals surface area contributed by atoms with Crippen LogP contribution < -0.4 is 16.5 Å². The summed E-state index contributed by atoms with van der Waals surface area (Å²) in [5, 5.41) is 5.25. The highest BCUT2D eigenvalue weighted by Crippen LogP contribution is 2.26. The topological polar surface area (TPSA) is 99.4 Å². The second-order valence-electron chi connectivity index (χ2n) is 6.15. The summed E-state index contributed by atoms with van der Waals surface area (Å²) in [5.41, 5.74) is 11.3. The van der Waals surface area contributed by atoms with Gasteiger partial charge in [0, 0.05) is 37.4 Å². The summed E-state index contributed by atoms with van der Waals surface area (Å²) < 4.78 is 0. The Morgan fingerprint density at radius 3 is 2.60 bits per heavy atom. The molecule has 0 atom stereocenters. The normalized spacial score (nSPS) is 15.8. The Morgan fingerprint density at radius 2 is 1.88 bits per heavy atom. The maximum absolute atomic E-state index is 11.5. The smallest absolute Gasteiger partial charge is 0.169 e. The Hall–Kier alpha value is -2.71. The molecule has 2 aromatic rings. The van der Waals surface area contributed by atoms with Crippen molar-refractivity contribution in [2.45, 2.75) is 6.92 Å². The van der Waals surface area contributed by atoms with Crippen molar-refractivity contribution >= 4 is 28.8 Å². The van der Waals surface area contributed by atoms with Gasteiger partial charge >= 0.3 is 0 Å². The zero-order chi connectivity index (χ0) is 17.8. The number of anilines is 4. The van der Waals surface area contributed by atoms with Gasteiger partial charge in [0.25, 0.3) is 0 Å². The summed E-state index contributed by atoms with van der Waals surface area (Å²) in [6.07, 6.45) is 1.46. The molecule has 8 heteroatoms. The number of nitrogens with two attached hydrogens (primary N) is 1. The van der Waals surface area contributed by atoms with Crippen molar-refractivity contribution < 1.29 is 4.79 Å². The van der Waals surface area contributed by atoms with Gasteiger partial charge in [0.15, 0.2) is 17.4 Å². The lowest BCUT2D eigenvalue weighted by molar-refractivity contribution is 0.101. The van der Waals surface area contributed by atoms with Crippen LogP contribution in [-0.2, 0) is 0 Å². The average molecular weight is 341 g/mol. The third-order valence-electron chi connectivity index (χ3n) is 4.18. The van der Waals surface area contributed by atoms with Gasteiger partial charge in [-0.15, -0.1) is 0 Å². The Balaban J connectivity index is 1.74. The van der Waals surface area contributed by atoms with Gasteiger partial charge in [0.1, 0.15) is 12.0 Å². The van der Waals surface area contributed by atoms with Crippen molar-refractivity contribution in [3.05, 3.63) is 36.2 Å². The molecular formula is C17H23N7O. The fourth-order valence-electron chi connectivity index (χ4n) is 2.60. The van der Waals surface area contributed by atoms with Crippen molar-refractivity contribution in [1.29, 1.82) is 0 Å². The highest BCUT2D eigenvalue weighted by atomic mass is 16.1. The van der Waals surface area contributed by atoms with E-state index in [0.29, 0.717) is 22.9 Å². The minimum absolute atomic E-state index is 0.0109. The highest BCUT2D eigenvalue weighted by molar-refractivity contribution is 5.95. The van der Waals surface area contributed by atoms with Crippen LogP contribution in [0.5, 0.6) is 0 Å². The summed E-state index contributed by atoms with van der Waals surface area (Å²) >= 11 is 0. The van der Waals surface area contributed by atoms with Crippen LogP contribution >= 0.6 is 0 Å². The molecule has 1 saturated heterocycles. The van der Waals surface area contributed by atoms with Crippen molar-refractivity contribution in [2.75, 3.05) is 49.7 Å². The first-order valence-electron chi connectivity index (χ1n) is 8.21. The quantitative estimate of drug-likeness (QED) is 0.705. The van der Waals surface area contributed by atoms with Gasteiger partial charge in [-0.1, -0.05) is 12.1 Å². The number of piperazine rings is 1. The molecule has 0 spiro atoms. The maximum Gasteiger partial charge on any atom is 0.169 e. The molecule has 4 N–H and O–H groups in total. The standard InChI is InChI=1S/C17H23N7O/c1-12(25)13-4-3-5-14(10-13)21-16-15(18)17(20-11-19-16)22-24-8-6-23(2)7-9-24/h3-5,10-11H,6-9,18H2,1-2H3,(H2,19,20,21,22). The lowest BCUT2D eigenvalue weighted by Crippen LogP contribution is -2.47. The lowest BCUT2D eigenvalue weighted by atomic mass is 10.1. The molecule has 0 aliphatic carbocycles. The van der Waals surface area contributed by atoms with Crippen molar-refractivity contribution in [1.82, 2.24) is 19.9 Å². The van der Waals surface area contributed by atoms with E-state index in [0.717, 1.165) is 31.9 Å². The molecule has 0 radical (unpaired) electrons. The summed E-state index contributed by atoms with van der Waals surface area (Å²) in [6, 6.07) is 7.23. The molecule has 1 aromatic carbocycles. The molecule has 1 aliphatic heterocycles. The number of hydrogen-bond acceptors (Lipinski definition) is 8. The molecule has 0 saturated carbocycles. The zero-order valence-electron chi connectivity index (χ0n) is 14.5. The SMILES string of the molecule is CC(=O)c1cccc(Nc2ncnc(NN3CCN(C)CC3)c2N)c1. The van der Waals surface area contributed by atoms with Gasteiger partial charge in [-0.3, -0.25) is 4.79 Å². The van der Waals surface area contributed by atoms with Gasteiger partial charge in [0.05, 0.1) is 0 Å². The number of aromatic nitrogens is 2. The third kappa shape index (κ3) is 4.23. The second kappa shape index (κ2) is 7.45. The largest absolute Gasteiger partial charge is 0.393 e. The molecule has 2 heterocycles. The van der Waals surface area contributed by atoms with Gasteiger partial charge in [0.2, 0.25) is 0 Å². The number of likely N-dealkylation sites (N-methyl/N-ethyl adjacent to an activating group) is 1. The Morgan fingerprint density at radius 1 is 1.16 bits per heavy atom. The number of carbonyl (C=O) groups is 1. The number of nitrogens with zero attached hydrogens (tertiary/aromatic N) is 4. The molecule has 1 aliphatic rings. The predicted octanol–water partition coefficient (Wildman–Crippen LogP) is 1.58. The number of hydrogen-bond donors (Lipinski definition) is 3. The molecule has 1 fully saturated rings. The number of nitrogens with one attached hydrogen (secondary N) is 2. The Bertz CT molecular complexity index is 756. The van der Waals surface area contributed by atoms with Gasteiger partial charge in [-0.05, 0) is 26.1 Å². The van der Waals surface area contributed by atoms with Crippen LogP contribution in [-0.4, -0.2) is 58.9 Å². The molecule has 0 unspecified atom stereocenters. The van der Waals surface area contributed by atoms with E-state index in [1.807, 2.05) is 12.1 Å². The van der Waals surface area contributed by atoms with Crippen molar-refractivity contribution in [3.8, 4) is 0 Å². The summed E-state index contributed by atoms with van der Waals surface area (Å²) in [5.74, 6) is 1.09. The molecule has 1 aromatic heterocycles. The average Bonchev–Trinajstić information content (AvgIpc) is 2.60. The van der Waals surface area contributed by atoms with E-state index in [2.05, 4.69) is 37.7 Å². The lowest BCUT2D eigenvalue weighted by Gasteiger charge is -2.32. The molecular weight excluding hydrogens is 318 g/mol. The monoisotopic (exact) mass is 341 g/mol. The molecule has 25 heavy (non-hydrogen) atoms. The van der Waals surface area contributed by atoms with Crippen LogP contribution in [0.15, 0.2) is 30.6 Å². The molecule has 0 bridgehead atoms. The van der Waals surface area contributed by atoms with E-state index in [1.54, 1.807) is 12.1 Å². The summed E-state index contributed by atoms with van der Waals surface area (Å²) in [4.78, 5) is 22.3. The van der Waals surface area contributed by atoms with Crippen LogP contribution in [0.25, 0.3) is 0 Å². The van der Waals surface area contributed by atoms with E-state index in [4.69, 9.17) is 5.73 Å². The van der Waals surface area contributed by atoms with Crippen molar-refractivity contribution in [3.63, 3.8) is 0 Å². The first-order chi connectivity index (χ1) is 12.0. The fourth-order valence-corrected chi connectivity index (χ4v) is 2.60. The predicted molar refractivity (Wildman–Crippen MR) is 98.9 cm³/mol. The minimum atomic E-state index is 0.0109. The Labute approximate surface area is 147 Å². The number of ketones is 1. The number of rotatable bonds is 5. The molecule has 8 nitrogen and oxygen atoms in total. The van der Waals surface area contributed by atoms with Crippen LogP contribution in [0.4, 0.5) is 23.0 Å². The van der Waals surface area contributed by atoms with Crippen LogP contribution in [0, 0.1) is 0 Å². The fraction of sp³-hybridized carbons (Fsp3) is 0.353. The number of nitrogen functional groups attached to an aromatic ring is 1. The second-order valence-corrected chi connectivity index (χ2v) is 6.15. The van der Waals surface area contributed by atoms with E-state index in [-0.39, 0.29) is 5.78 Å². The number of carbonyl (C=O) groups excluding carboxylic acids is 1. The van der Waals surface area contributed by atoms with Gasteiger partial charge < -0.3 is 21.4 Å². The van der Waals surface area contributed by atoms with Crippen LogP contribution in [0.1, 0.15) is 17.3 Å². The first-order valence-corrected chi connectivity index (χ1v) is 8.21. The zero-order valence-corrected chi connectivity index (χ0v) is 14.5. The van der Waals surface area contributed by atoms with Crippen molar-refractivity contribution in [2.24, 2.45) is 0 Å². The van der Waals surface area contributed by atoms with Gasteiger partial charge in [-0.2, -0.15) is 0 Å². The highest BCUT2D eigenvalue weighted by Gasteiger charge is 2.16. The number of benzene rings is 1. The van der Waals surface area contributed by atoms with Gasteiger partial charge in [-0.25, -0.2) is 15.0 Å². The van der Waals surface area contributed by atoms with E-state index < -0.39 is 0 Å². The van der Waals surface area contributed by atoms with E-state index in [1.165, 1.54) is 13.3 Å². The molecule has 3 rings (SSSR count). The summed E-state index contributed by atoms with van der Waals surface area (Å²) in [7, 11) is 2.10.